The highest BCUT2D eigenvalue weighted by molar-refractivity contribution is 5.95. The average molecular weight is 785 g/mol. The van der Waals surface area contributed by atoms with E-state index in [1.807, 2.05) is 18.2 Å². The summed E-state index contributed by atoms with van der Waals surface area (Å²) in [4.78, 5) is 12.0. The lowest BCUT2D eigenvalue weighted by Gasteiger charge is -2.31. The largest absolute Gasteiger partial charge is 0.494 e. The maximum absolute atomic E-state index is 6.11. The van der Waals surface area contributed by atoms with Crippen LogP contribution in [0.5, 0.6) is 17.2 Å². The normalized spacial score (nSPS) is 14.5. The molecule has 0 aliphatic heterocycles. The third-order valence-electron chi connectivity index (χ3n) is 12.3. The fourth-order valence-electron chi connectivity index (χ4n) is 9.26. The van der Waals surface area contributed by atoms with E-state index >= 15 is 0 Å². The Morgan fingerprint density at radius 2 is 0.847 bits per heavy atom. The fraction of sp³-hybridized carbons (Fsp3) is 0.345. The van der Waals surface area contributed by atoms with Crippen molar-refractivity contribution in [1.82, 2.24) is 0 Å². The topological polar surface area (TPSA) is 36.9 Å². The summed E-state index contributed by atoms with van der Waals surface area (Å²) in [6.45, 7) is 6.39. The smallest absolute Gasteiger partial charge is 0.165 e. The summed E-state index contributed by atoms with van der Waals surface area (Å²) in [5.74, 6) is 2.54. The van der Waals surface area contributed by atoms with Gasteiger partial charge in [-0.2, -0.15) is 4.89 Å². The van der Waals surface area contributed by atoms with Crippen LogP contribution in [0.15, 0.2) is 133 Å². The van der Waals surface area contributed by atoms with Crippen molar-refractivity contribution in [2.75, 3.05) is 13.2 Å². The van der Waals surface area contributed by atoms with E-state index in [9.17, 15) is 0 Å². The molecule has 1 atom stereocenters. The molecule has 6 aromatic carbocycles. The van der Waals surface area contributed by atoms with Crippen LogP contribution in [0.25, 0.3) is 22.3 Å². The van der Waals surface area contributed by atoms with E-state index in [1.165, 1.54) is 120 Å². The second kappa shape index (κ2) is 19.6. The van der Waals surface area contributed by atoms with Crippen LogP contribution in [-0.4, -0.2) is 13.2 Å². The second-order valence-corrected chi connectivity index (χ2v) is 16.5. The standard InChI is InChI=1S/C55H60O4/c1-3-5-7-9-11-17-35-56-44-28-23-41(24-29-44)37-43-27-33-49-47-19-13-15-21-51(47)55(53(49)38-43)52-22-16-14-20-48(52)50-34-32-46(39-54(50)55)59-58-40-42-25-30-45(31-26-42)57-36-18-12-10-8-6-4-2/h13-16,19-34,38-39H,3-12,17-18,35-37,40H2,1-2H3. The molecule has 4 nitrogen and oxygen atoms in total. The Bertz CT molecular complexity index is 2260. The van der Waals surface area contributed by atoms with E-state index < -0.39 is 5.41 Å². The predicted molar refractivity (Wildman–Crippen MR) is 242 cm³/mol. The minimum Gasteiger partial charge on any atom is -0.494 e. The van der Waals surface area contributed by atoms with Crippen LogP contribution in [0.2, 0.25) is 0 Å². The van der Waals surface area contributed by atoms with Gasteiger partial charge in [0.25, 0.3) is 0 Å². The van der Waals surface area contributed by atoms with Gasteiger partial charge < -0.3 is 14.4 Å². The van der Waals surface area contributed by atoms with E-state index in [1.54, 1.807) is 0 Å². The van der Waals surface area contributed by atoms with Gasteiger partial charge in [-0.1, -0.05) is 175 Å². The number of fused-ring (bicyclic) bond motifs is 10. The molecule has 0 fully saturated rings. The number of rotatable bonds is 22. The van der Waals surface area contributed by atoms with Crippen LogP contribution in [-0.2, 0) is 23.3 Å². The molecule has 1 unspecified atom stereocenters. The van der Waals surface area contributed by atoms with E-state index in [4.69, 9.17) is 19.2 Å². The van der Waals surface area contributed by atoms with Crippen molar-refractivity contribution in [3.63, 3.8) is 0 Å². The predicted octanol–water partition coefficient (Wildman–Crippen LogP) is 14.6. The molecule has 4 heteroatoms. The van der Waals surface area contributed by atoms with Crippen LogP contribution < -0.4 is 14.4 Å². The molecule has 0 saturated carbocycles. The minimum absolute atomic E-state index is 0.335. The van der Waals surface area contributed by atoms with Crippen LogP contribution in [0.1, 0.15) is 130 Å². The number of benzene rings is 6. The quantitative estimate of drug-likeness (QED) is 0.0390. The zero-order valence-electron chi connectivity index (χ0n) is 35.1. The third kappa shape index (κ3) is 8.99. The van der Waals surface area contributed by atoms with Gasteiger partial charge >= 0.3 is 0 Å². The van der Waals surface area contributed by atoms with Crippen molar-refractivity contribution in [3.8, 4) is 39.5 Å². The van der Waals surface area contributed by atoms with E-state index in [-0.39, 0.29) is 0 Å². The van der Waals surface area contributed by atoms with Crippen LogP contribution in [0.4, 0.5) is 0 Å². The molecule has 0 bridgehead atoms. The summed E-state index contributed by atoms with van der Waals surface area (Å²) >= 11 is 0. The van der Waals surface area contributed by atoms with Crippen LogP contribution in [0.3, 0.4) is 0 Å². The van der Waals surface area contributed by atoms with Gasteiger partial charge in [-0.15, -0.1) is 0 Å². The lowest BCUT2D eigenvalue weighted by molar-refractivity contribution is -0.217. The van der Waals surface area contributed by atoms with Gasteiger partial charge in [0, 0.05) is 0 Å². The summed E-state index contributed by atoms with van der Waals surface area (Å²) in [6, 6.07) is 48.2. The molecule has 6 aromatic rings. The van der Waals surface area contributed by atoms with Gasteiger partial charge in [0.05, 0.1) is 18.6 Å². The highest BCUT2D eigenvalue weighted by Gasteiger charge is 2.51. The molecular weight excluding hydrogens is 725 g/mol. The van der Waals surface area contributed by atoms with Crippen molar-refractivity contribution in [2.24, 2.45) is 0 Å². The third-order valence-corrected chi connectivity index (χ3v) is 12.3. The van der Waals surface area contributed by atoms with E-state index in [0.717, 1.165) is 49.5 Å². The number of hydrogen-bond acceptors (Lipinski definition) is 4. The first-order valence-corrected chi connectivity index (χ1v) is 22.4. The van der Waals surface area contributed by atoms with Gasteiger partial charge in [-0.3, -0.25) is 0 Å². The lowest BCUT2D eigenvalue weighted by Crippen LogP contribution is -2.26. The molecule has 0 N–H and O–H groups in total. The molecule has 0 radical (unpaired) electrons. The monoisotopic (exact) mass is 784 g/mol. The Morgan fingerprint density at radius 3 is 1.44 bits per heavy atom. The van der Waals surface area contributed by atoms with Crippen LogP contribution in [0, 0.1) is 0 Å². The summed E-state index contributed by atoms with van der Waals surface area (Å²) in [6.07, 6.45) is 16.0. The maximum atomic E-state index is 6.11. The van der Waals surface area contributed by atoms with Gasteiger partial charge in [0.1, 0.15) is 18.1 Å². The fourth-order valence-corrected chi connectivity index (χ4v) is 9.26. The maximum Gasteiger partial charge on any atom is 0.165 e. The highest BCUT2D eigenvalue weighted by Crippen LogP contribution is 2.63. The van der Waals surface area contributed by atoms with E-state index in [0.29, 0.717) is 12.4 Å². The van der Waals surface area contributed by atoms with Gasteiger partial charge in [-0.25, -0.2) is 0 Å². The zero-order valence-corrected chi connectivity index (χ0v) is 35.1. The van der Waals surface area contributed by atoms with Crippen molar-refractivity contribution in [3.05, 3.63) is 172 Å². The molecule has 0 saturated heterocycles. The van der Waals surface area contributed by atoms with Gasteiger partial charge in [0.2, 0.25) is 0 Å². The minimum atomic E-state index is -0.479. The van der Waals surface area contributed by atoms with Crippen molar-refractivity contribution in [2.45, 2.75) is 109 Å². The molecule has 2 aliphatic rings. The van der Waals surface area contributed by atoms with Crippen molar-refractivity contribution >= 4 is 0 Å². The molecular formula is C55H60O4. The highest BCUT2D eigenvalue weighted by atomic mass is 17.2. The Labute approximate surface area is 352 Å². The molecule has 0 amide bonds. The van der Waals surface area contributed by atoms with E-state index in [2.05, 4.69) is 129 Å². The first-order chi connectivity index (χ1) is 29.2. The van der Waals surface area contributed by atoms with Gasteiger partial charge in [0.15, 0.2) is 5.75 Å². The molecule has 2 aliphatic carbocycles. The molecule has 0 aromatic heterocycles. The van der Waals surface area contributed by atoms with Crippen molar-refractivity contribution < 1.29 is 19.2 Å². The Balaban J connectivity index is 0.985. The van der Waals surface area contributed by atoms with Crippen LogP contribution >= 0.6 is 0 Å². The Hall–Kier alpha value is -5.32. The SMILES string of the molecule is CCCCCCCCOc1ccc(COOc2ccc3c(c2)C2(c4ccccc4-c4ccc(Cc5ccc(OCCCCCCCC)cc5)cc42)c2ccccc2-3)cc1. The zero-order chi connectivity index (χ0) is 40.3. The Kier molecular flexibility index (Phi) is 13.5. The molecule has 8 rings (SSSR count). The number of hydrogen-bond donors (Lipinski definition) is 0. The first-order valence-electron chi connectivity index (χ1n) is 22.4. The number of unbranched alkanes of at least 4 members (excludes halogenated alkanes) is 10. The second-order valence-electron chi connectivity index (χ2n) is 16.5. The lowest BCUT2D eigenvalue weighted by atomic mass is 9.70. The summed E-state index contributed by atoms with van der Waals surface area (Å²) in [5, 5.41) is 0. The molecule has 59 heavy (non-hydrogen) atoms. The molecule has 1 spiro atoms. The summed E-state index contributed by atoms with van der Waals surface area (Å²) in [7, 11) is 0. The molecule has 0 heterocycles. The average Bonchev–Trinajstić information content (AvgIpc) is 3.73. The first kappa shape index (κ1) is 40.5. The number of ether oxygens (including phenoxy) is 2. The van der Waals surface area contributed by atoms with Gasteiger partial charge in [-0.05, 0) is 117 Å². The molecule has 304 valence electrons. The summed E-state index contributed by atoms with van der Waals surface area (Å²) < 4.78 is 12.1. The summed E-state index contributed by atoms with van der Waals surface area (Å²) in [5.41, 5.74) is 13.3. The Morgan fingerprint density at radius 1 is 0.390 bits per heavy atom. The van der Waals surface area contributed by atoms with Crippen molar-refractivity contribution in [1.29, 1.82) is 0 Å².